The van der Waals surface area contributed by atoms with Gasteiger partial charge in [-0.1, -0.05) is 275 Å². The van der Waals surface area contributed by atoms with Gasteiger partial charge in [-0.2, -0.15) is 0 Å². The normalized spacial score (nSPS) is 12.8. The van der Waals surface area contributed by atoms with Gasteiger partial charge in [0.05, 0.1) is 25.4 Å². The molecule has 0 aromatic carbocycles. The number of carbonyl (C=O) groups excluding carboxylic acids is 2. The molecule has 0 heterocycles. The standard InChI is InChI=1S/C61H115NO5/c1-3-5-7-9-11-13-15-16-17-24-28-31-35-39-43-47-51-55-61(66)67-56-52-48-44-40-36-32-29-26-23-21-19-18-20-22-25-27-30-34-38-42-46-50-54-60(65)62-58(57-63)59(64)53-49-45-41-37-33-14-12-10-8-6-4-2/h11,13,16-17,49,53,58-59,63-64H,3-10,12,14-15,18-48,50-52,54-57H2,1-2H3,(H,62,65)/b13-11-,17-16-,53-49+. The summed E-state index contributed by atoms with van der Waals surface area (Å²) in [5.74, 6) is -0.0646. The fourth-order valence-corrected chi connectivity index (χ4v) is 9.08. The minimum atomic E-state index is -0.843. The molecule has 0 radical (unpaired) electrons. The van der Waals surface area contributed by atoms with E-state index in [1.165, 1.54) is 238 Å². The average molecular weight is 943 g/mol. The molecule has 0 aliphatic heterocycles. The molecule has 0 saturated heterocycles. The third kappa shape index (κ3) is 53.3. The maximum atomic E-state index is 12.4. The van der Waals surface area contributed by atoms with Crippen LogP contribution >= 0.6 is 0 Å². The molecule has 0 aliphatic carbocycles. The van der Waals surface area contributed by atoms with Gasteiger partial charge in [-0.25, -0.2) is 0 Å². The number of rotatable bonds is 55. The fourth-order valence-electron chi connectivity index (χ4n) is 9.08. The second kappa shape index (κ2) is 56.7. The monoisotopic (exact) mass is 942 g/mol. The van der Waals surface area contributed by atoms with Crippen LogP contribution in [0.2, 0.25) is 0 Å². The van der Waals surface area contributed by atoms with Crippen LogP contribution in [0.4, 0.5) is 0 Å². The van der Waals surface area contributed by atoms with Crippen molar-refractivity contribution in [2.75, 3.05) is 13.2 Å². The number of hydrogen-bond acceptors (Lipinski definition) is 5. The predicted molar refractivity (Wildman–Crippen MR) is 292 cm³/mol. The van der Waals surface area contributed by atoms with Crippen molar-refractivity contribution in [2.24, 2.45) is 0 Å². The smallest absolute Gasteiger partial charge is 0.305 e. The number of allylic oxidation sites excluding steroid dienone is 5. The van der Waals surface area contributed by atoms with Crippen molar-refractivity contribution in [3.63, 3.8) is 0 Å². The molecule has 3 N–H and O–H groups in total. The molecule has 6 heteroatoms. The van der Waals surface area contributed by atoms with Crippen LogP contribution in [0.5, 0.6) is 0 Å². The van der Waals surface area contributed by atoms with Crippen molar-refractivity contribution in [3.8, 4) is 0 Å². The number of aliphatic hydroxyl groups is 2. The number of unbranched alkanes of at least 4 members (excludes halogenated alkanes) is 40. The van der Waals surface area contributed by atoms with Gasteiger partial charge in [-0.15, -0.1) is 0 Å². The third-order valence-electron chi connectivity index (χ3n) is 13.7. The van der Waals surface area contributed by atoms with Crippen LogP contribution in [0.25, 0.3) is 0 Å². The van der Waals surface area contributed by atoms with Gasteiger partial charge in [0.15, 0.2) is 0 Å². The molecule has 0 fully saturated rings. The molecule has 1 amide bonds. The molecule has 0 aliphatic rings. The van der Waals surface area contributed by atoms with E-state index in [9.17, 15) is 19.8 Å². The molecule has 0 spiro atoms. The van der Waals surface area contributed by atoms with Crippen LogP contribution in [0, 0.1) is 0 Å². The zero-order valence-corrected chi connectivity index (χ0v) is 44.9. The Morgan fingerprint density at radius 1 is 0.418 bits per heavy atom. The summed E-state index contributed by atoms with van der Waals surface area (Å²) in [6, 6.07) is -0.627. The summed E-state index contributed by atoms with van der Waals surface area (Å²) >= 11 is 0. The lowest BCUT2D eigenvalue weighted by molar-refractivity contribution is -0.143. The quantitative estimate of drug-likeness (QED) is 0.0321. The zero-order valence-electron chi connectivity index (χ0n) is 44.9. The Balaban J connectivity index is 3.38. The van der Waals surface area contributed by atoms with Crippen molar-refractivity contribution in [1.82, 2.24) is 5.32 Å². The Labute approximate surface area is 417 Å². The Hall–Kier alpha value is -1.92. The number of amides is 1. The summed E-state index contributed by atoms with van der Waals surface area (Å²) in [4.78, 5) is 24.5. The molecule has 0 saturated carbocycles. The van der Waals surface area contributed by atoms with Gasteiger partial charge in [-0.05, 0) is 64.2 Å². The molecule has 0 aromatic heterocycles. The first-order valence-electron chi connectivity index (χ1n) is 29.8. The lowest BCUT2D eigenvalue weighted by Crippen LogP contribution is -2.45. The van der Waals surface area contributed by atoms with E-state index in [1.807, 2.05) is 6.08 Å². The van der Waals surface area contributed by atoms with Crippen molar-refractivity contribution in [2.45, 2.75) is 328 Å². The van der Waals surface area contributed by atoms with E-state index in [4.69, 9.17) is 4.74 Å². The molecule has 0 rings (SSSR count). The number of hydrogen-bond donors (Lipinski definition) is 3. The van der Waals surface area contributed by atoms with E-state index in [2.05, 4.69) is 43.5 Å². The highest BCUT2D eigenvalue weighted by atomic mass is 16.5. The summed E-state index contributed by atoms with van der Waals surface area (Å²) in [6.45, 7) is 4.87. The number of carbonyl (C=O) groups is 2. The van der Waals surface area contributed by atoms with Crippen LogP contribution in [0.15, 0.2) is 36.5 Å². The Kier molecular flexibility index (Phi) is 55.0. The lowest BCUT2D eigenvalue weighted by atomic mass is 10.0. The van der Waals surface area contributed by atoms with Crippen LogP contribution in [-0.2, 0) is 14.3 Å². The number of nitrogens with one attached hydrogen (secondary N) is 1. The van der Waals surface area contributed by atoms with E-state index >= 15 is 0 Å². The highest BCUT2D eigenvalue weighted by molar-refractivity contribution is 5.76. The van der Waals surface area contributed by atoms with E-state index in [0.29, 0.717) is 19.4 Å². The molecule has 2 atom stereocenters. The van der Waals surface area contributed by atoms with Gasteiger partial charge in [0.1, 0.15) is 0 Å². The van der Waals surface area contributed by atoms with Crippen LogP contribution in [-0.4, -0.2) is 47.4 Å². The Bertz CT molecular complexity index is 1090. The minimum absolute atomic E-state index is 0.00469. The largest absolute Gasteiger partial charge is 0.466 e. The zero-order chi connectivity index (χ0) is 48.6. The third-order valence-corrected chi connectivity index (χ3v) is 13.7. The average Bonchev–Trinajstić information content (AvgIpc) is 3.33. The van der Waals surface area contributed by atoms with Gasteiger partial charge in [-0.3, -0.25) is 9.59 Å². The number of esters is 1. The van der Waals surface area contributed by atoms with Gasteiger partial charge < -0.3 is 20.3 Å². The second-order valence-electron chi connectivity index (χ2n) is 20.3. The molecular weight excluding hydrogens is 827 g/mol. The summed E-state index contributed by atoms with van der Waals surface area (Å²) in [5, 5.41) is 23.0. The van der Waals surface area contributed by atoms with Crippen molar-refractivity contribution >= 4 is 11.9 Å². The highest BCUT2D eigenvalue weighted by Gasteiger charge is 2.18. The maximum Gasteiger partial charge on any atom is 0.305 e. The molecule has 0 bridgehead atoms. The first-order valence-corrected chi connectivity index (χ1v) is 29.8. The number of aliphatic hydroxyl groups excluding tert-OH is 2. The summed E-state index contributed by atoms with van der Waals surface area (Å²) < 4.78 is 5.49. The molecule has 6 nitrogen and oxygen atoms in total. The first kappa shape index (κ1) is 65.1. The lowest BCUT2D eigenvalue weighted by Gasteiger charge is -2.20. The summed E-state index contributed by atoms with van der Waals surface area (Å²) in [6.07, 6.45) is 70.3. The van der Waals surface area contributed by atoms with E-state index in [-0.39, 0.29) is 18.5 Å². The Morgan fingerprint density at radius 2 is 0.746 bits per heavy atom. The fraction of sp³-hybridized carbons (Fsp3) is 0.869. The summed E-state index contributed by atoms with van der Waals surface area (Å²) in [5.41, 5.74) is 0. The molecule has 2 unspecified atom stereocenters. The van der Waals surface area contributed by atoms with Gasteiger partial charge in [0.25, 0.3) is 0 Å². The minimum Gasteiger partial charge on any atom is -0.466 e. The highest BCUT2D eigenvalue weighted by Crippen LogP contribution is 2.17. The van der Waals surface area contributed by atoms with Crippen molar-refractivity contribution < 1.29 is 24.5 Å². The SMILES string of the molecule is CCCCC/C=C\C/C=C\CCCCCCCCCC(=O)OCCCCCCCCCCCCCCCCCCCCCCCCC(=O)NC(CO)C(O)/C=C/CCCCCCCCCCC. The summed E-state index contributed by atoms with van der Waals surface area (Å²) in [7, 11) is 0. The Morgan fingerprint density at radius 3 is 1.16 bits per heavy atom. The second-order valence-corrected chi connectivity index (χ2v) is 20.3. The van der Waals surface area contributed by atoms with Gasteiger partial charge in [0, 0.05) is 12.8 Å². The van der Waals surface area contributed by atoms with Crippen LogP contribution in [0.3, 0.4) is 0 Å². The molecule has 67 heavy (non-hydrogen) atoms. The van der Waals surface area contributed by atoms with Crippen molar-refractivity contribution in [1.29, 1.82) is 0 Å². The number of ether oxygens (including phenoxy) is 1. The van der Waals surface area contributed by atoms with Gasteiger partial charge >= 0.3 is 5.97 Å². The van der Waals surface area contributed by atoms with E-state index < -0.39 is 12.1 Å². The molecular formula is C61H115NO5. The van der Waals surface area contributed by atoms with Crippen LogP contribution in [0.1, 0.15) is 316 Å². The van der Waals surface area contributed by atoms with E-state index in [1.54, 1.807) is 6.08 Å². The van der Waals surface area contributed by atoms with Crippen LogP contribution < -0.4 is 5.32 Å². The maximum absolute atomic E-state index is 12.4. The van der Waals surface area contributed by atoms with E-state index in [0.717, 1.165) is 51.4 Å². The molecule has 394 valence electrons. The topological polar surface area (TPSA) is 95.9 Å². The van der Waals surface area contributed by atoms with Crippen molar-refractivity contribution in [3.05, 3.63) is 36.5 Å². The predicted octanol–water partition coefficient (Wildman–Crippen LogP) is 18.4. The first-order chi connectivity index (χ1) is 33.0. The van der Waals surface area contributed by atoms with Gasteiger partial charge in [0.2, 0.25) is 5.91 Å². The molecule has 0 aromatic rings.